The second kappa shape index (κ2) is 7.28. The summed E-state index contributed by atoms with van der Waals surface area (Å²) in [6.45, 7) is 3.26. The van der Waals surface area contributed by atoms with Gasteiger partial charge in [-0.15, -0.1) is 0 Å². The van der Waals surface area contributed by atoms with Crippen molar-refractivity contribution in [2.24, 2.45) is 0 Å². The number of carbonyl (C=O) groups is 1. The highest BCUT2D eigenvalue weighted by Crippen LogP contribution is 2.18. The minimum atomic E-state index is -0.260. The third-order valence-electron chi connectivity index (χ3n) is 3.84. The SMILES string of the molecule is Cc1onc(C(=O)NCC2CCCO2)c1COc1ccccc1. The van der Waals surface area contributed by atoms with Gasteiger partial charge in [0, 0.05) is 13.2 Å². The predicted octanol–water partition coefficient (Wildman–Crippen LogP) is 2.47. The van der Waals surface area contributed by atoms with E-state index in [-0.39, 0.29) is 24.3 Å². The van der Waals surface area contributed by atoms with E-state index in [1.54, 1.807) is 6.92 Å². The number of benzene rings is 1. The molecule has 2 aromatic rings. The maximum absolute atomic E-state index is 12.3. The molecule has 2 heterocycles. The first-order valence-corrected chi connectivity index (χ1v) is 7.77. The highest BCUT2D eigenvalue weighted by atomic mass is 16.5. The molecule has 6 nitrogen and oxygen atoms in total. The van der Waals surface area contributed by atoms with Crippen molar-refractivity contribution in [1.82, 2.24) is 10.5 Å². The van der Waals surface area contributed by atoms with Gasteiger partial charge in [0.1, 0.15) is 18.1 Å². The van der Waals surface area contributed by atoms with Crippen molar-refractivity contribution in [3.05, 3.63) is 47.3 Å². The highest BCUT2D eigenvalue weighted by Gasteiger charge is 2.22. The van der Waals surface area contributed by atoms with Gasteiger partial charge in [-0.1, -0.05) is 23.4 Å². The van der Waals surface area contributed by atoms with Crippen LogP contribution in [0.25, 0.3) is 0 Å². The smallest absolute Gasteiger partial charge is 0.273 e. The van der Waals surface area contributed by atoms with Crippen LogP contribution in [0.15, 0.2) is 34.9 Å². The lowest BCUT2D eigenvalue weighted by Gasteiger charge is -2.10. The molecule has 1 N–H and O–H groups in total. The van der Waals surface area contributed by atoms with Crippen LogP contribution >= 0.6 is 0 Å². The Balaban J connectivity index is 1.61. The number of nitrogens with zero attached hydrogens (tertiary/aromatic N) is 1. The van der Waals surface area contributed by atoms with Crippen molar-refractivity contribution in [3.8, 4) is 5.75 Å². The molecule has 0 saturated carbocycles. The van der Waals surface area contributed by atoms with Gasteiger partial charge in [-0.05, 0) is 31.9 Å². The summed E-state index contributed by atoms with van der Waals surface area (Å²) in [5, 5.41) is 6.72. The van der Waals surface area contributed by atoms with Crippen LogP contribution in [-0.4, -0.2) is 30.3 Å². The van der Waals surface area contributed by atoms with E-state index in [1.165, 1.54) is 0 Å². The molecule has 0 bridgehead atoms. The van der Waals surface area contributed by atoms with E-state index in [1.807, 2.05) is 30.3 Å². The summed E-state index contributed by atoms with van der Waals surface area (Å²) in [7, 11) is 0. The minimum absolute atomic E-state index is 0.0935. The number of aromatic nitrogens is 1. The molecule has 1 unspecified atom stereocenters. The van der Waals surface area contributed by atoms with Crippen LogP contribution in [-0.2, 0) is 11.3 Å². The molecule has 122 valence electrons. The lowest BCUT2D eigenvalue weighted by molar-refractivity contribution is 0.0848. The average Bonchev–Trinajstić information content (AvgIpc) is 3.21. The highest BCUT2D eigenvalue weighted by molar-refractivity contribution is 5.93. The van der Waals surface area contributed by atoms with E-state index >= 15 is 0 Å². The molecule has 1 fully saturated rings. The van der Waals surface area contributed by atoms with Gasteiger partial charge in [0.05, 0.1) is 11.7 Å². The molecule has 23 heavy (non-hydrogen) atoms. The van der Waals surface area contributed by atoms with E-state index < -0.39 is 0 Å². The average molecular weight is 316 g/mol. The number of ether oxygens (including phenoxy) is 2. The lowest BCUT2D eigenvalue weighted by atomic mass is 10.2. The van der Waals surface area contributed by atoms with E-state index in [2.05, 4.69) is 10.5 Å². The third-order valence-corrected chi connectivity index (χ3v) is 3.84. The topological polar surface area (TPSA) is 73.6 Å². The molecule has 1 atom stereocenters. The van der Waals surface area contributed by atoms with E-state index in [0.717, 1.165) is 25.2 Å². The molecule has 1 amide bonds. The van der Waals surface area contributed by atoms with Crippen molar-refractivity contribution in [2.75, 3.05) is 13.2 Å². The molecule has 0 spiro atoms. The Morgan fingerprint density at radius 1 is 1.39 bits per heavy atom. The first-order valence-electron chi connectivity index (χ1n) is 7.77. The van der Waals surface area contributed by atoms with Crippen LogP contribution in [0.3, 0.4) is 0 Å². The van der Waals surface area contributed by atoms with Gasteiger partial charge < -0.3 is 19.3 Å². The molecule has 6 heteroatoms. The van der Waals surface area contributed by atoms with Gasteiger partial charge in [-0.2, -0.15) is 0 Å². The van der Waals surface area contributed by atoms with Gasteiger partial charge in [0.25, 0.3) is 5.91 Å². The van der Waals surface area contributed by atoms with Crippen LogP contribution < -0.4 is 10.1 Å². The Kier molecular flexibility index (Phi) is 4.92. The summed E-state index contributed by atoms with van der Waals surface area (Å²) in [5.74, 6) is 1.06. The molecule has 1 aliphatic rings. The lowest BCUT2D eigenvalue weighted by Crippen LogP contribution is -2.32. The number of hydrogen-bond acceptors (Lipinski definition) is 5. The Labute approximate surface area is 134 Å². The summed E-state index contributed by atoms with van der Waals surface area (Å²) < 4.78 is 16.3. The molecular formula is C17H20N2O4. The van der Waals surface area contributed by atoms with Gasteiger partial charge >= 0.3 is 0 Å². The Bertz CT molecular complexity index is 648. The predicted molar refractivity (Wildman–Crippen MR) is 83.3 cm³/mol. The van der Waals surface area contributed by atoms with E-state index in [4.69, 9.17) is 14.0 Å². The number of hydrogen-bond donors (Lipinski definition) is 1. The number of amides is 1. The maximum Gasteiger partial charge on any atom is 0.273 e. The fourth-order valence-electron chi connectivity index (χ4n) is 2.51. The first kappa shape index (κ1) is 15.6. The third kappa shape index (κ3) is 3.90. The molecular weight excluding hydrogens is 296 g/mol. The van der Waals surface area contributed by atoms with Gasteiger partial charge in [-0.3, -0.25) is 4.79 Å². The zero-order chi connectivity index (χ0) is 16.1. The maximum atomic E-state index is 12.3. The number of nitrogens with one attached hydrogen (secondary N) is 1. The molecule has 1 aliphatic heterocycles. The van der Waals surface area contributed by atoms with Gasteiger partial charge in [-0.25, -0.2) is 0 Å². The second-order valence-corrected chi connectivity index (χ2v) is 5.51. The fraction of sp³-hybridized carbons (Fsp3) is 0.412. The second-order valence-electron chi connectivity index (χ2n) is 5.51. The normalized spacial score (nSPS) is 17.2. The largest absolute Gasteiger partial charge is 0.489 e. The standard InChI is InChI=1S/C17H20N2O4/c1-12-15(11-22-13-6-3-2-4-7-13)16(19-23-12)17(20)18-10-14-8-5-9-21-14/h2-4,6-7,14H,5,8-11H2,1H3,(H,18,20). The van der Waals surface area contributed by atoms with Crippen LogP contribution in [0, 0.1) is 6.92 Å². The number of aryl methyl sites for hydroxylation is 1. The van der Waals surface area contributed by atoms with Crippen LogP contribution in [0.4, 0.5) is 0 Å². The summed E-state index contributed by atoms with van der Waals surface area (Å²) >= 11 is 0. The fourth-order valence-corrected chi connectivity index (χ4v) is 2.51. The quantitative estimate of drug-likeness (QED) is 0.886. The van der Waals surface area contributed by atoms with Gasteiger partial charge in [0.15, 0.2) is 5.69 Å². The zero-order valence-corrected chi connectivity index (χ0v) is 13.1. The van der Waals surface area contributed by atoms with Gasteiger partial charge in [0.2, 0.25) is 0 Å². The molecule has 1 aromatic heterocycles. The number of para-hydroxylation sites is 1. The van der Waals surface area contributed by atoms with Crippen LogP contribution in [0.1, 0.15) is 34.7 Å². The van der Waals surface area contributed by atoms with E-state index in [0.29, 0.717) is 17.9 Å². The number of carbonyl (C=O) groups excluding carboxylic acids is 1. The van der Waals surface area contributed by atoms with Crippen molar-refractivity contribution < 1.29 is 18.8 Å². The monoisotopic (exact) mass is 316 g/mol. The Morgan fingerprint density at radius 3 is 2.96 bits per heavy atom. The molecule has 1 aromatic carbocycles. The molecule has 0 aliphatic carbocycles. The van der Waals surface area contributed by atoms with E-state index in [9.17, 15) is 4.79 Å². The zero-order valence-electron chi connectivity index (χ0n) is 13.1. The summed E-state index contributed by atoms with van der Waals surface area (Å²) in [5.41, 5.74) is 0.940. The van der Waals surface area contributed by atoms with Crippen molar-refractivity contribution in [2.45, 2.75) is 32.5 Å². The summed E-state index contributed by atoms with van der Waals surface area (Å²) in [6, 6.07) is 9.43. The summed E-state index contributed by atoms with van der Waals surface area (Å²) in [4.78, 5) is 12.3. The molecule has 3 rings (SSSR count). The summed E-state index contributed by atoms with van der Waals surface area (Å²) in [6.07, 6.45) is 2.11. The number of rotatable bonds is 6. The molecule has 0 radical (unpaired) electrons. The Morgan fingerprint density at radius 2 is 2.22 bits per heavy atom. The first-order chi connectivity index (χ1) is 11.2. The van der Waals surface area contributed by atoms with Crippen molar-refractivity contribution in [1.29, 1.82) is 0 Å². The minimum Gasteiger partial charge on any atom is -0.489 e. The van der Waals surface area contributed by atoms with Crippen molar-refractivity contribution in [3.63, 3.8) is 0 Å². The van der Waals surface area contributed by atoms with Crippen molar-refractivity contribution >= 4 is 5.91 Å². The Hall–Kier alpha value is -2.34. The van der Waals surface area contributed by atoms with Crippen LogP contribution in [0.5, 0.6) is 5.75 Å². The molecule has 1 saturated heterocycles. The van der Waals surface area contributed by atoms with Crippen LogP contribution in [0.2, 0.25) is 0 Å².